The molecular weight excluding hydrogens is 422 g/mol. The molecule has 4 atom stereocenters. The molecule has 3 aliphatic carbocycles. The number of benzene rings is 1. The Labute approximate surface area is 172 Å². The molecular formula is C21H24BrN3O3. The van der Waals surface area contributed by atoms with Gasteiger partial charge in [0.25, 0.3) is 0 Å². The predicted molar refractivity (Wildman–Crippen MR) is 107 cm³/mol. The number of nitrogens with one attached hydrogen (secondary N) is 1. The lowest BCUT2D eigenvalue weighted by molar-refractivity contribution is -0.142. The first-order valence-electron chi connectivity index (χ1n) is 9.60. The summed E-state index contributed by atoms with van der Waals surface area (Å²) < 4.78 is 0.968. The quantitative estimate of drug-likeness (QED) is 0.557. The zero-order chi connectivity index (χ0) is 20.1. The third-order valence-corrected chi connectivity index (χ3v) is 7.53. The van der Waals surface area contributed by atoms with E-state index in [-0.39, 0.29) is 36.0 Å². The second-order valence-electron chi connectivity index (χ2n) is 8.31. The summed E-state index contributed by atoms with van der Waals surface area (Å²) in [5.74, 6) is -1.81. The number of amides is 3. The molecule has 1 aromatic carbocycles. The lowest BCUT2D eigenvalue weighted by Gasteiger charge is -2.38. The first kappa shape index (κ1) is 19.2. The van der Waals surface area contributed by atoms with Gasteiger partial charge in [0.2, 0.25) is 17.7 Å². The van der Waals surface area contributed by atoms with Crippen molar-refractivity contribution in [2.24, 2.45) is 40.1 Å². The molecule has 28 heavy (non-hydrogen) atoms. The maximum atomic E-state index is 13.3. The van der Waals surface area contributed by atoms with Gasteiger partial charge >= 0.3 is 0 Å². The van der Waals surface area contributed by atoms with Gasteiger partial charge in [0.05, 0.1) is 11.3 Å². The smallest absolute Gasteiger partial charge is 0.225 e. The van der Waals surface area contributed by atoms with Crippen molar-refractivity contribution in [3.63, 3.8) is 0 Å². The molecule has 1 aromatic rings. The Hall–Kier alpha value is -2.15. The predicted octanol–water partition coefficient (Wildman–Crippen LogP) is 2.01. The summed E-state index contributed by atoms with van der Waals surface area (Å²) in [6, 6.07) is 7.70. The van der Waals surface area contributed by atoms with Crippen molar-refractivity contribution in [1.82, 2.24) is 5.32 Å². The number of allylic oxidation sites excluding steroid dienone is 2. The Kier molecular flexibility index (Phi) is 4.61. The fourth-order valence-electron chi connectivity index (χ4n) is 5.62. The summed E-state index contributed by atoms with van der Waals surface area (Å²) in [6.07, 6.45) is 6.36. The molecule has 2 bridgehead atoms. The normalized spacial score (nSPS) is 31.1. The molecule has 4 rings (SSSR count). The maximum Gasteiger partial charge on any atom is 0.225 e. The highest BCUT2D eigenvalue weighted by molar-refractivity contribution is 9.10. The van der Waals surface area contributed by atoms with Crippen LogP contribution in [0.2, 0.25) is 0 Å². The van der Waals surface area contributed by atoms with E-state index < -0.39 is 23.1 Å². The van der Waals surface area contributed by atoms with Crippen LogP contribution in [0.3, 0.4) is 0 Å². The SMILES string of the molecule is NC(=O)CC[C@]1(C(N)=O)[C@H](C(=O)NCc2ccc(Br)cc2)[C@@H]2C=C[C@@H]1C21CC1. The molecule has 2 fully saturated rings. The first-order chi connectivity index (χ1) is 13.3. The number of primary amides is 2. The zero-order valence-corrected chi connectivity index (χ0v) is 17.1. The number of hydrogen-bond acceptors (Lipinski definition) is 3. The number of hydrogen-bond donors (Lipinski definition) is 3. The van der Waals surface area contributed by atoms with Crippen LogP contribution in [0.1, 0.15) is 31.2 Å². The minimum Gasteiger partial charge on any atom is -0.370 e. The molecule has 0 saturated heterocycles. The molecule has 7 heteroatoms. The van der Waals surface area contributed by atoms with Gasteiger partial charge < -0.3 is 16.8 Å². The Morgan fingerprint density at radius 3 is 2.36 bits per heavy atom. The van der Waals surface area contributed by atoms with Crippen LogP contribution < -0.4 is 16.8 Å². The highest BCUT2D eigenvalue weighted by Gasteiger charge is 2.75. The van der Waals surface area contributed by atoms with Crippen molar-refractivity contribution in [2.75, 3.05) is 0 Å². The third-order valence-electron chi connectivity index (χ3n) is 7.00. The van der Waals surface area contributed by atoms with Gasteiger partial charge in [-0.25, -0.2) is 0 Å². The summed E-state index contributed by atoms with van der Waals surface area (Å²) >= 11 is 3.40. The van der Waals surface area contributed by atoms with Gasteiger partial charge in [-0.3, -0.25) is 14.4 Å². The summed E-state index contributed by atoms with van der Waals surface area (Å²) in [4.78, 5) is 37.5. The van der Waals surface area contributed by atoms with E-state index in [9.17, 15) is 14.4 Å². The topological polar surface area (TPSA) is 115 Å². The minimum absolute atomic E-state index is 0.0113. The molecule has 5 N–H and O–H groups in total. The van der Waals surface area contributed by atoms with E-state index in [0.717, 1.165) is 22.9 Å². The number of nitrogens with two attached hydrogens (primary N) is 2. The van der Waals surface area contributed by atoms with Crippen LogP contribution in [0, 0.1) is 28.6 Å². The molecule has 148 valence electrons. The monoisotopic (exact) mass is 445 g/mol. The highest BCUT2D eigenvalue weighted by Crippen LogP contribution is 2.76. The summed E-state index contributed by atoms with van der Waals surface area (Å²) in [5.41, 5.74) is 11.1. The average molecular weight is 446 g/mol. The van der Waals surface area contributed by atoms with Gasteiger partial charge in [0.1, 0.15) is 0 Å². The van der Waals surface area contributed by atoms with E-state index in [1.165, 1.54) is 0 Å². The van der Waals surface area contributed by atoms with Gasteiger partial charge in [-0.1, -0.05) is 40.2 Å². The van der Waals surface area contributed by atoms with Gasteiger partial charge in [0.15, 0.2) is 0 Å². The highest BCUT2D eigenvalue weighted by atomic mass is 79.9. The van der Waals surface area contributed by atoms with Crippen molar-refractivity contribution in [1.29, 1.82) is 0 Å². The van der Waals surface area contributed by atoms with Crippen LogP contribution in [0.25, 0.3) is 0 Å². The van der Waals surface area contributed by atoms with E-state index >= 15 is 0 Å². The maximum absolute atomic E-state index is 13.3. The third kappa shape index (κ3) is 2.79. The summed E-state index contributed by atoms with van der Waals surface area (Å²) in [6.45, 7) is 0.376. The molecule has 2 saturated carbocycles. The number of rotatable bonds is 7. The average Bonchev–Trinajstić information content (AvgIpc) is 3.32. The zero-order valence-electron chi connectivity index (χ0n) is 15.5. The summed E-state index contributed by atoms with van der Waals surface area (Å²) in [5, 5.41) is 3.00. The lowest BCUT2D eigenvalue weighted by Crippen LogP contribution is -2.52. The van der Waals surface area contributed by atoms with Gasteiger partial charge in [0, 0.05) is 17.4 Å². The molecule has 3 amide bonds. The van der Waals surface area contributed by atoms with Crippen LogP contribution in [0.5, 0.6) is 0 Å². The fraction of sp³-hybridized carbons (Fsp3) is 0.476. The fourth-order valence-corrected chi connectivity index (χ4v) is 5.89. The van der Waals surface area contributed by atoms with Crippen molar-refractivity contribution < 1.29 is 14.4 Å². The van der Waals surface area contributed by atoms with Gasteiger partial charge in [-0.2, -0.15) is 0 Å². The number of halogens is 1. The molecule has 3 aliphatic rings. The molecule has 1 spiro atoms. The Balaban J connectivity index is 1.61. The molecule has 0 heterocycles. The van der Waals surface area contributed by atoms with E-state index in [4.69, 9.17) is 11.5 Å². The van der Waals surface area contributed by atoms with Crippen LogP contribution >= 0.6 is 15.9 Å². The van der Waals surface area contributed by atoms with Crippen molar-refractivity contribution in [2.45, 2.75) is 32.2 Å². The van der Waals surface area contributed by atoms with Gasteiger partial charge in [-0.05, 0) is 54.2 Å². The Bertz CT molecular complexity index is 862. The number of carbonyl (C=O) groups is 3. The van der Waals surface area contributed by atoms with Crippen LogP contribution in [-0.4, -0.2) is 17.7 Å². The molecule has 0 unspecified atom stereocenters. The van der Waals surface area contributed by atoms with E-state index in [1.807, 2.05) is 30.3 Å². The first-order valence-corrected chi connectivity index (χ1v) is 10.4. The minimum atomic E-state index is -1.05. The molecule has 0 aromatic heterocycles. The van der Waals surface area contributed by atoms with E-state index in [0.29, 0.717) is 6.54 Å². The Morgan fingerprint density at radius 2 is 1.79 bits per heavy atom. The summed E-state index contributed by atoms with van der Waals surface area (Å²) in [7, 11) is 0. The van der Waals surface area contributed by atoms with Crippen LogP contribution in [-0.2, 0) is 20.9 Å². The second kappa shape index (κ2) is 6.72. The van der Waals surface area contributed by atoms with E-state index in [1.54, 1.807) is 0 Å². The standard InChI is InChI=1S/C21H24BrN3O3/c22-13-3-1-12(2-4-13)11-25-18(27)17-14-5-6-15(20(14)9-10-20)21(17,19(24)28)8-7-16(23)26/h1-6,14-15,17H,7-11H2,(H2,23,26)(H2,24,28)(H,25,27)/t14-,15+,17-,21+/m0/s1. The van der Waals surface area contributed by atoms with Crippen LogP contribution in [0.15, 0.2) is 40.9 Å². The number of carbonyl (C=O) groups excluding carboxylic acids is 3. The van der Waals surface area contributed by atoms with Crippen molar-refractivity contribution in [3.05, 3.63) is 46.5 Å². The molecule has 6 nitrogen and oxygen atoms in total. The van der Waals surface area contributed by atoms with Crippen molar-refractivity contribution in [3.8, 4) is 0 Å². The second-order valence-corrected chi connectivity index (χ2v) is 9.23. The van der Waals surface area contributed by atoms with E-state index in [2.05, 4.69) is 27.3 Å². The van der Waals surface area contributed by atoms with Crippen molar-refractivity contribution >= 4 is 33.7 Å². The Morgan fingerprint density at radius 1 is 1.11 bits per heavy atom. The largest absolute Gasteiger partial charge is 0.370 e. The lowest BCUT2D eigenvalue weighted by atomic mass is 9.64. The molecule has 0 radical (unpaired) electrons. The van der Waals surface area contributed by atoms with Crippen LogP contribution in [0.4, 0.5) is 0 Å². The van der Waals surface area contributed by atoms with Gasteiger partial charge in [-0.15, -0.1) is 0 Å². The molecule has 0 aliphatic heterocycles.